The van der Waals surface area contributed by atoms with E-state index in [1.807, 2.05) is 60.0 Å². The van der Waals surface area contributed by atoms with Crippen molar-refractivity contribution in [2.75, 3.05) is 5.32 Å². The first-order valence-corrected chi connectivity index (χ1v) is 9.18. The van der Waals surface area contributed by atoms with Gasteiger partial charge in [0, 0.05) is 27.1 Å². The average Bonchev–Trinajstić information content (AvgIpc) is 3.20. The van der Waals surface area contributed by atoms with Crippen LogP contribution in [0.25, 0.3) is 10.4 Å². The van der Waals surface area contributed by atoms with Crippen LogP contribution in [0.4, 0.5) is 5.69 Å². The average molecular weight is 354 g/mol. The zero-order chi connectivity index (χ0) is 16.5. The van der Waals surface area contributed by atoms with Crippen LogP contribution in [0.2, 0.25) is 5.02 Å². The van der Waals surface area contributed by atoms with E-state index in [4.69, 9.17) is 11.6 Å². The summed E-state index contributed by atoms with van der Waals surface area (Å²) in [6.45, 7) is 0. The number of rotatable bonds is 4. The first-order valence-electron chi connectivity index (χ1n) is 7.92. The lowest BCUT2D eigenvalue weighted by Crippen LogP contribution is -2.15. The molecule has 1 N–H and O–H groups in total. The molecular weight excluding hydrogens is 338 g/mol. The molecule has 0 radical (unpaired) electrons. The van der Waals surface area contributed by atoms with Crippen molar-refractivity contribution in [1.82, 2.24) is 0 Å². The number of carbonyl (C=O) groups excluding carboxylic acids is 1. The van der Waals surface area contributed by atoms with Gasteiger partial charge in [0.25, 0.3) is 0 Å². The van der Waals surface area contributed by atoms with Gasteiger partial charge in [-0.25, -0.2) is 0 Å². The quantitative estimate of drug-likeness (QED) is 0.630. The van der Waals surface area contributed by atoms with E-state index in [9.17, 15) is 4.79 Å². The van der Waals surface area contributed by atoms with E-state index in [2.05, 4.69) is 11.4 Å². The molecule has 0 aliphatic heterocycles. The van der Waals surface area contributed by atoms with Gasteiger partial charge in [-0.15, -0.1) is 11.3 Å². The second kappa shape index (κ2) is 6.42. The fourth-order valence-electron chi connectivity index (χ4n) is 3.07. The van der Waals surface area contributed by atoms with E-state index >= 15 is 0 Å². The van der Waals surface area contributed by atoms with Crippen molar-refractivity contribution in [2.24, 2.45) is 5.92 Å². The molecule has 2 aromatic carbocycles. The lowest BCUT2D eigenvalue weighted by atomic mass is 10.1. The molecule has 1 aliphatic carbocycles. The third-order valence-electron chi connectivity index (χ3n) is 4.40. The molecule has 1 heterocycles. The van der Waals surface area contributed by atoms with Crippen LogP contribution in [0.5, 0.6) is 0 Å². The van der Waals surface area contributed by atoms with Gasteiger partial charge in [-0.3, -0.25) is 4.79 Å². The number of para-hydroxylation sites is 1. The fourth-order valence-corrected chi connectivity index (χ4v) is 4.11. The molecule has 1 aliphatic rings. The van der Waals surface area contributed by atoms with Crippen molar-refractivity contribution in [1.29, 1.82) is 0 Å². The van der Waals surface area contributed by atoms with Gasteiger partial charge in [0.2, 0.25) is 5.91 Å². The molecule has 2 atom stereocenters. The van der Waals surface area contributed by atoms with E-state index in [1.54, 1.807) is 11.3 Å². The Bertz CT molecular complexity index is 875. The zero-order valence-electron chi connectivity index (χ0n) is 12.9. The van der Waals surface area contributed by atoms with E-state index in [1.165, 1.54) is 0 Å². The Balaban J connectivity index is 1.52. The van der Waals surface area contributed by atoms with Crippen molar-refractivity contribution < 1.29 is 4.79 Å². The number of nitrogens with one attached hydrogen (secondary N) is 1. The number of thiophene rings is 1. The lowest BCUT2D eigenvalue weighted by Gasteiger charge is -2.10. The van der Waals surface area contributed by atoms with Crippen LogP contribution in [0.3, 0.4) is 0 Å². The van der Waals surface area contributed by atoms with Crippen molar-refractivity contribution in [3.8, 4) is 10.4 Å². The van der Waals surface area contributed by atoms with Gasteiger partial charge in [-0.1, -0.05) is 54.1 Å². The van der Waals surface area contributed by atoms with Crippen LogP contribution < -0.4 is 5.32 Å². The molecule has 4 heteroatoms. The molecule has 4 rings (SSSR count). The largest absolute Gasteiger partial charge is 0.325 e. The molecule has 0 bridgehead atoms. The summed E-state index contributed by atoms with van der Waals surface area (Å²) < 4.78 is 0. The standard InChI is InChI=1S/C20H16ClNOS/c21-17-8-3-1-6-13(17)15-12-16(15)20(23)22-18-9-4-2-7-14(18)19-10-5-11-24-19/h1-11,15-16H,12H2,(H,22,23). The molecule has 2 unspecified atom stereocenters. The molecular formula is C20H16ClNOS. The van der Waals surface area contributed by atoms with Gasteiger partial charge in [0.1, 0.15) is 0 Å². The third-order valence-corrected chi connectivity index (χ3v) is 5.65. The third kappa shape index (κ3) is 2.97. The van der Waals surface area contributed by atoms with Gasteiger partial charge >= 0.3 is 0 Å². The maximum Gasteiger partial charge on any atom is 0.228 e. The highest BCUT2D eigenvalue weighted by molar-refractivity contribution is 7.13. The summed E-state index contributed by atoms with van der Waals surface area (Å²) in [4.78, 5) is 13.8. The Kier molecular flexibility index (Phi) is 4.13. The van der Waals surface area contributed by atoms with Crippen molar-refractivity contribution >= 4 is 34.5 Å². The minimum atomic E-state index is 0.00120. The summed E-state index contributed by atoms with van der Waals surface area (Å²) in [5.41, 5.74) is 3.01. The topological polar surface area (TPSA) is 29.1 Å². The number of hydrogen-bond donors (Lipinski definition) is 1. The summed E-state index contributed by atoms with van der Waals surface area (Å²) >= 11 is 7.92. The van der Waals surface area contributed by atoms with Crippen LogP contribution in [0, 0.1) is 5.92 Å². The Hall–Kier alpha value is -2.10. The highest BCUT2D eigenvalue weighted by Gasteiger charge is 2.44. The molecule has 3 aromatic rings. The van der Waals surface area contributed by atoms with Crippen molar-refractivity contribution in [3.05, 3.63) is 76.6 Å². The predicted molar refractivity (Wildman–Crippen MR) is 101 cm³/mol. The number of hydrogen-bond acceptors (Lipinski definition) is 2. The van der Waals surface area contributed by atoms with E-state index in [0.717, 1.165) is 33.1 Å². The van der Waals surface area contributed by atoms with Crippen molar-refractivity contribution in [3.63, 3.8) is 0 Å². The normalized spacial score (nSPS) is 19.0. The first kappa shape index (κ1) is 15.4. The number of benzene rings is 2. The molecule has 24 heavy (non-hydrogen) atoms. The molecule has 1 fully saturated rings. The summed E-state index contributed by atoms with van der Waals surface area (Å²) in [7, 11) is 0. The summed E-state index contributed by atoms with van der Waals surface area (Å²) in [6, 6.07) is 19.8. The minimum absolute atomic E-state index is 0.00120. The SMILES string of the molecule is O=C(Nc1ccccc1-c1cccs1)C1CC1c1ccccc1Cl. The van der Waals surface area contributed by atoms with Gasteiger partial charge in [0.15, 0.2) is 0 Å². The molecule has 1 amide bonds. The van der Waals surface area contributed by atoms with Crippen LogP contribution in [-0.2, 0) is 4.79 Å². The monoisotopic (exact) mass is 353 g/mol. The molecule has 120 valence electrons. The van der Waals surface area contributed by atoms with Gasteiger partial charge in [0.05, 0.1) is 0 Å². The highest BCUT2D eigenvalue weighted by Crippen LogP contribution is 2.50. The molecule has 1 saturated carbocycles. The summed E-state index contributed by atoms with van der Waals surface area (Å²) in [6.07, 6.45) is 0.858. The smallest absolute Gasteiger partial charge is 0.228 e. The molecule has 0 spiro atoms. The predicted octanol–water partition coefficient (Wildman–Crippen LogP) is 5.81. The Morgan fingerprint density at radius 1 is 1.04 bits per heavy atom. The Labute approximate surface area is 150 Å². The summed E-state index contributed by atoms with van der Waals surface area (Å²) in [5.74, 6) is 0.304. The van der Waals surface area contributed by atoms with Gasteiger partial charge < -0.3 is 5.32 Å². The van der Waals surface area contributed by atoms with Gasteiger partial charge in [-0.2, -0.15) is 0 Å². The van der Waals surface area contributed by atoms with Crippen LogP contribution in [0.15, 0.2) is 66.0 Å². The minimum Gasteiger partial charge on any atom is -0.325 e. The van der Waals surface area contributed by atoms with E-state index in [0.29, 0.717) is 0 Å². The van der Waals surface area contributed by atoms with Crippen molar-refractivity contribution in [2.45, 2.75) is 12.3 Å². The highest BCUT2D eigenvalue weighted by atomic mass is 35.5. The fraction of sp³-hybridized carbons (Fsp3) is 0.150. The van der Waals surface area contributed by atoms with E-state index in [-0.39, 0.29) is 17.7 Å². The summed E-state index contributed by atoms with van der Waals surface area (Å²) in [5, 5.41) is 5.90. The Morgan fingerprint density at radius 3 is 2.62 bits per heavy atom. The lowest BCUT2D eigenvalue weighted by molar-refractivity contribution is -0.117. The second-order valence-corrected chi connectivity index (χ2v) is 7.34. The maximum absolute atomic E-state index is 12.6. The second-order valence-electron chi connectivity index (χ2n) is 5.98. The Morgan fingerprint density at radius 2 is 1.83 bits per heavy atom. The van der Waals surface area contributed by atoms with Crippen LogP contribution >= 0.6 is 22.9 Å². The zero-order valence-corrected chi connectivity index (χ0v) is 14.5. The van der Waals surface area contributed by atoms with Crippen LogP contribution in [0.1, 0.15) is 17.9 Å². The van der Waals surface area contributed by atoms with Gasteiger partial charge in [-0.05, 0) is 41.5 Å². The first-order chi connectivity index (χ1) is 11.7. The molecule has 0 saturated heterocycles. The number of anilines is 1. The molecule has 2 nitrogen and oxygen atoms in total. The molecule has 1 aromatic heterocycles. The van der Waals surface area contributed by atoms with Crippen LogP contribution in [-0.4, -0.2) is 5.91 Å². The van der Waals surface area contributed by atoms with E-state index < -0.39 is 0 Å². The number of carbonyl (C=O) groups is 1. The number of halogens is 1. The number of amides is 1. The maximum atomic E-state index is 12.6.